The second-order valence-electron chi connectivity index (χ2n) is 4.23. The molecule has 1 unspecified atom stereocenters. The summed E-state index contributed by atoms with van der Waals surface area (Å²) in [4.78, 5) is 11.3. The summed E-state index contributed by atoms with van der Waals surface area (Å²) in [5, 5.41) is 20.2. The minimum atomic E-state index is -1.21. The van der Waals surface area contributed by atoms with Gasteiger partial charge >= 0.3 is 6.09 Å². The number of nitrogens with one attached hydrogen (secondary N) is 1. The zero-order chi connectivity index (χ0) is 12.1. The maximum absolute atomic E-state index is 11.3. The van der Waals surface area contributed by atoms with Gasteiger partial charge in [-0.1, -0.05) is 6.92 Å². The van der Waals surface area contributed by atoms with Crippen LogP contribution in [0.5, 0.6) is 0 Å². The molecule has 0 aromatic heterocycles. The fraction of sp³-hybridized carbons (Fsp3) is 0.800. The first-order valence-electron chi connectivity index (χ1n) is 4.87. The summed E-state index contributed by atoms with van der Waals surface area (Å²) in [7, 11) is 0. The standard InChI is InChI=1S/C10H18N2O3/c1-5-7(8(13)6-11)12-9(14)15-10(2,3)4/h7-8,13H,5H2,1-4H3,(H,12,14)/t7-,8?/m0/s1. The number of aliphatic hydroxyl groups excluding tert-OH is 1. The van der Waals surface area contributed by atoms with Crippen molar-refractivity contribution >= 4 is 6.09 Å². The molecule has 0 bridgehead atoms. The molecular weight excluding hydrogens is 196 g/mol. The van der Waals surface area contributed by atoms with E-state index in [2.05, 4.69) is 5.32 Å². The highest BCUT2D eigenvalue weighted by atomic mass is 16.6. The lowest BCUT2D eigenvalue weighted by atomic mass is 10.1. The topological polar surface area (TPSA) is 82.3 Å². The van der Waals surface area contributed by atoms with Crippen LogP contribution in [0.1, 0.15) is 34.1 Å². The van der Waals surface area contributed by atoms with E-state index < -0.39 is 23.8 Å². The highest BCUT2D eigenvalue weighted by molar-refractivity contribution is 5.68. The van der Waals surface area contributed by atoms with Gasteiger partial charge in [-0.15, -0.1) is 0 Å². The summed E-state index contributed by atoms with van der Waals surface area (Å²) in [5.41, 5.74) is -0.583. The van der Waals surface area contributed by atoms with Gasteiger partial charge in [-0.25, -0.2) is 4.79 Å². The molecule has 0 spiro atoms. The smallest absolute Gasteiger partial charge is 0.407 e. The third-order valence-corrected chi connectivity index (χ3v) is 1.66. The molecule has 0 aromatic carbocycles. The Balaban J connectivity index is 4.21. The van der Waals surface area contributed by atoms with Crippen molar-refractivity contribution in [2.24, 2.45) is 0 Å². The summed E-state index contributed by atoms with van der Waals surface area (Å²) < 4.78 is 4.99. The Morgan fingerprint density at radius 1 is 1.60 bits per heavy atom. The summed E-state index contributed by atoms with van der Waals surface area (Å²) in [6.07, 6.45) is -1.36. The van der Waals surface area contributed by atoms with Gasteiger partial charge in [0, 0.05) is 0 Å². The van der Waals surface area contributed by atoms with Crippen LogP contribution in [0.3, 0.4) is 0 Å². The monoisotopic (exact) mass is 214 g/mol. The van der Waals surface area contributed by atoms with Crippen molar-refractivity contribution in [3.8, 4) is 6.07 Å². The first kappa shape index (κ1) is 13.7. The van der Waals surface area contributed by atoms with Gasteiger partial charge in [-0.3, -0.25) is 0 Å². The second kappa shape index (κ2) is 5.56. The number of nitriles is 1. The number of aliphatic hydroxyl groups is 1. The van der Waals surface area contributed by atoms with Crippen LogP contribution in [0.2, 0.25) is 0 Å². The van der Waals surface area contributed by atoms with Crippen molar-refractivity contribution in [2.45, 2.75) is 51.9 Å². The van der Waals surface area contributed by atoms with E-state index in [-0.39, 0.29) is 0 Å². The van der Waals surface area contributed by atoms with E-state index in [1.54, 1.807) is 33.8 Å². The third-order valence-electron chi connectivity index (χ3n) is 1.66. The van der Waals surface area contributed by atoms with Crippen LogP contribution in [0.4, 0.5) is 4.79 Å². The van der Waals surface area contributed by atoms with Crippen LogP contribution in [0.15, 0.2) is 0 Å². The fourth-order valence-corrected chi connectivity index (χ4v) is 0.953. The van der Waals surface area contributed by atoms with E-state index >= 15 is 0 Å². The molecule has 0 aromatic rings. The van der Waals surface area contributed by atoms with Gasteiger partial charge in [-0.05, 0) is 27.2 Å². The van der Waals surface area contributed by atoms with Crippen LogP contribution in [-0.4, -0.2) is 28.9 Å². The number of hydrogen-bond acceptors (Lipinski definition) is 4. The highest BCUT2D eigenvalue weighted by Crippen LogP contribution is 2.07. The number of alkyl carbamates (subject to hydrolysis) is 1. The second-order valence-corrected chi connectivity index (χ2v) is 4.23. The molecule has 0 saturated heterocycles. The number of rotatable bonds is 3. The van der Waals surface area contributed by atoms with Crippen LogP contribution >= 0.6 is 0 Å². The van der Waals surface area contributed by atoms with E-state index in [0.717, 1.165) is 0 Å². The summed E-state index contributed by atoms with van der Waals surface area (Å²) in [6.45, 7) is 7.00. The predicted octanol–water partition coefficient (Wildman–Crippen LogP) is 1.17. The molecule has 0 radical (unpaired) electrons. The molecular formula is C10H18N2O3. The van der Waals surface area contributed by atoms with Crippen molar-refractivity contribution in [3.05, 3.63) is 0 Å². The number of nitrogens with zero attached hydrogens (tertiary/aromatic N) is 1. The summed E-state index contributed by atoms with van der Waals surface area (Å²) in [6, 6.07) is 1.08. The largest absolute Gasteiger partial charge is 0.444 e. The average molecular weight is 214 g/mol. The molecule has 0 aliphatic heterocycles. The van der Waals surface area contributed by atoms with Crippen molar-refractivity contribution in [2.75, 3.05) is 0 Å². The van der Waals surface area contributed by atoms with Crippen LogP contribution in [-0.2, 0) is 4.74 Å². The Hall–Kier alpha value is -1.28. The normalized spacial score (nSPS) is 14.9. The average Bonchev–Trinajstić information content (AvgIpc) is 2.10. The first-order valence-corrected chi connectivity index (χ1v) is 4.87. The molecule has 0 heterocycles. The number of ether oxygens (including phenoxy) is 1. The Labute approximate surface area is 90.0 Å². The quantitative estimate of drug-likeness (QED) is 0.691. The number of amides is 1. The lowest BCUT2D eigenvalue weighted by molar-refractivity contribution is 0.0456. The fourth-order valence-electron chi connectivity index (χ4n) is 0.953. The Kier molecular flexibility index (Phi) is 5.09. The van der Waals surface area contributed by atoms with Crippen molar-refractivity contribution < 1.29 is 14.6 Å². The molecule has 0 rings (SSSR count). The van der Waals surface area contributed by atoms with Crippen molar-refractivity contribution in [3.63, 3.8) is 0 Å². The van der Waals surface area contributed by atoms with Crippen LogP contribution in [0.25, 0.3) is 0 Å². The first-order chi connectivity index (χ1) is 6.80. The van der Waals surface area contributed by atoms with Crippen molar-refractivity contribution in [1.82, 2.24) is 5.32 Å². The van der Waals surface area contributed by atoms with Gasteiger partial charge in [0.1, 0.15) is 5.60 Å². The molecule has 5 nitrogen and oxygen atoms in total. The van der Waals surface area contributed by atoms with Crippen molar-refractivity contribution in [1.29, 1.82) is 5.26 Å². The molecule has 5 heteroatoms. The maximum Gasteiger partial charge on any atom is 0.407 e. The van der Waals surface area contributed by atoms with E-state index in [9.17, 15) is 9.90 Å². The molecule has 0 saturated carbocycles. The SMILES string of the molecule is CC[C@H](NC(=O)OC(C)(C)C)C(O)C#N. The Bertz CT molecular complexity index is 252. The van der Waals surface area contributed by atoms with E-state index in [4.69, 9.17) is 10.00 Å². The van der Waals surface area contributed by atoms with Gasteiger partial charge in [0.15, 0.2) is 6.10 Å². The van der Waals surface area contributed by atoms with Gasteiger partial charge in [0.2, 0.25) is 0 Å². The molecule has 86 valence electrons. The molecule has 2 N–H and O–H groups in total. The van der Waals surface area contributed by atoms with E-state index in [1.165, 1.54) is 0 Å². The lowest BCUT2D eigenvalue weighted by Gasteiger charge is -2.23. The number of carbonyl (C=O) groups is 1. The third kappa shape index (κ3) is 5.92. The number of carbonyl (C=O) groups excluding carboxylic acids is 1. The molecule has 15 heavy (non-hydrogen) atoms. The minimum Gasteiger partial charge on any atom is -0.444 e. The van der Waals surface area contributed by atoms with Gasteiger partial charge in [-0.2, -0.15) is 5.26 Å². The molecule has 2 atom stereocenters. The molecule has 1 amide bonds. The van der Waals surface area contributed by atoms with E-state index in [0.29, 0.717) is 6.42 Å². The molecule has 0 aliphatic carbocycles. The number of hydrogen-bond donors (Lipinski definition) is 2. The zero-order valence-corrected chi connectivity index (χ0v) is 9.57. The zero-order valence-electron chi connectivity index (χ0n) is 9.57. The van der Waals surface area contributed by atoms with Crippen LogP contribution < -0.4 is 5.32 Å². The van der Waals surface area contributed by atoms with E-state index in [1.807, 2.05) is 0 Å². The lowest BCUT2D eigenvalue weighted by Crippen LogP contribution is -2.44. The summed E-state index contributed by atoms with van der Waals surface area (Å²) in [5.74, 6) is 0. The Morgan fingerprint density at radius 3 is 2.47 bits per heavy atom. The van der Waals surface area contributed by atoms with Crippen LogP contribution in [0, 0.1) is 11.3 Å². The minimum absolute atomic E-state index is 0.466. The maximum atomic E-state index is 11.3. The molecule has 0 aliphatic rings. The predicted molar refractivity (Wildman–Crippen MR) is 55.1 cm³/mol. The van der Waals surface area contributed by atoms with Gasteiger partial charge in [0.05, 0.1) is 12.1 Å². The van der Waals surface area contributed by atoms with Gasteiger partial charge < -0.3 is 15.2 Å². The highest BCUT2D eigenvalue weighted by Gasteiger charge is 2.22. The molecule has 0 fully saturated rings. The van der Waals surface area contributed by atoms with Gasteiger partial charge in [0.25, 0.3) is 0 Å². The summed E-state index contributed by atoms with van der Waals surface area (Å²) >= 11 is 0. The Morgan fingerprint density at radius 2 is 2.13 bits per heavy atom.